The number of methoxy groups -OCH3 is 1. The first-order chi connectivity index (χ1) is 12.4. The fraction of sp³-hybridized carbons (Fsp3) is 0.316. The molecular formula is C19H20N2O4S. The fourth-order valence-corrected chi connectivity index (χ4v) is 4.35. The maximum absolute atomic E-state index is 13.1. The molecule has 2 aromatic rings. The van der Waals surface area contributed by atoms with E-state index in [1.165, 1.54) is 25.2 Å². The molecule has 0 saturated carbocycles. The van der Waals surface area contributed by atoms with Crippen LogP contribution in [-0.2, 0) is 22.6 Å². The van der Waals surface area contributed by atoms with Gasteiger partial charge < -0.3 is 15.0 Å². The van der Waals surface area contributed by atoms with E-state index in [-0.39, 0.29) is 17.6 Å². The van der Waals surface area contributed by atoms with Crippen LogP contribution in [0.4, 0.5) is 5.00 Å². The largest absolute Gasteiger partial charge is 0.497 e. The van der Waals surface area contributed by atoms with E-state index in [1.54, 1.807) is 36.3 Å². The van der Waals surface area contributed by atoms with Crippen LogP contribution in [0.3, 0.4) is 0 Å². The molecule has 0 aliphatic carbocycles. The van der Waals surface area contributed by atoms with E-state index >= 15 is 0 Å². The van der Waals surface area contributed by atoms with Crippen molar-refractivity contribution in [2.24, 2.45) is 0 Å². The lowest BCUT2D eigenvalue weighted by Crippen LogP contribution is -2.33. The van der Waals surface area contributed by atoms with Crippen LogP contribution in [-0.4, -0.2) is 36.2 Å². The number of nitrogens with one attached hydrogen (secondary N) is 1. The van der Waals surface area contributed by atoms with E-state index in [4.69, 9.17) is 4.74 Å². The molecule has 7 heteroatoms. The van der Waals surface area contributed by atoms with Crippen molar-refractivity contribution in [2.45, 2.75) is 26.8 Å². The van der Waals surface area contributed by atoms with Gasteiger partial charge in [0.05, 0.1) is 19.2 Å². The highest BCUT2D eigenvalue weighted by atomic mass is 32.1. The molecule has 0 radical (unpaired) electrons. The van der Waals surface area contributed by atoms with Gasteiger partial charge in [-0.25, -0.2) is 0 Å². The second-order valence-electron chi connectivity index (χ2n) is 6.14. The fourth-order valence-electron chi connectivity index (χ4n) is 3.05. The number of benzene rings is 1. The van der Waals surface area contributed by atoms with E-state index in [0.29, 0.717) is 41.4 Å². The molecule has 26 heavy (non-hydrogen) atoms. The molecule has 0 unspecified atom stereocenters. The summed E-state index contributed by atoms with van der Waals surface area (Å²) >= 11 is 1.37. The van der Waals surface area contributed by atoms with E-state index in [1.807, 2.05) is 0 Å². The number of nitrogens with zero attached hydrogens (tertiary/aromatic N) is 1. The van der Waals surface area contributed by atoms with Gasteiger partial charge in [0.25, 0.3) is 0 Å². The first-order valence-electron chi connectivity index (χ1n) is 8.27. The van der Waals surface area contributed by atoms with E-state index < -0.39 is 0 Å². The Morgan fingerprint density at radius 1 is 1.15 bits per heavy atom. The zero-order valence-electron chi connectivity index (χ0n) is 14.9. The molecule has 6 nitrogen and oxygen atoms in total. The van der Waals surface area contributed by atoms with E-state index in [0.717, 1.165) is 10.4 Å². The summed E-state index contributed by atoms with van der Waals surface area (Å²) in [6.45, 7) is 4.00. The molecule has 2 amide bonds. The molecular weight excluding hydrogens is 352 g/mol. The number of fused-ring (bicyclic) bond motifs is 1. The van der Waals surface area contributed by atoms with Gasteiger partial charge in [0.2, 0.25) is 11.8 Å². The number of amides is 2. The van der Waals surface area contributed by atoms with Gasteiger partial charge in [-0.05, 0) is 36.2 Å². The van der Waals surface area contributed by atoms with Crippen molar-refractivity contribution in [1.82, 2.24) is 4.90 Å². The van der Waals surface area contributed by atoms with Gasteiger partial charge >= 0.3 is 0 Å². The minimum atomic E-state index is -0.226. The van der Waals surface area contributed by atoms with Gasteiger partial charge in [-0.2, -0.15) is 0 Å². The van der Waals surface area contributed by atoms with Crippen LogP contribution in [0, 0.1) is 0 Å². The summed E-state index contributed by atoms with van der Waals surface area (Å²) in [6.07, 6.45) is 0.599. The Hall–Kier alpha value is -2.67. The summed E-state index contributed by atoms with van der Waals surface area (Å²) in [4.78, 5) is 39.1. The van der Waals surface area contributed by atoms with Crippen molar-refractivity contribution in [1.29, 1.82) is 0 Å². The molecule has 1 aromatic carbocycles. The third kappa shape index (κ3) is 3.48. The molecule has 0 fully saturated rings. The molecule has 0 spiro atoms. The van der Waals surface area contributed by atoms with Crippen molar-refractivity contribution in [3.63, 3.8) is 0 Å². The number of anilines is 1. The van der Waals surface area contributed by atoms with Crippen LogP contribution in [0.25, 0.3) is 0 Å². The number of hydrogen-bond acceptors (Lipinski definition) is 5. The normalized spacial score (nSPS) is 13.1. The van der Waals surface area contributed by atoms with Gasteiger partial charge in [-0.15, -0.1) is 11.3 Å². The topological polar surface area (TPSA) is 75.7 Å². The number of hydrogen-bond donors (Lipinski definition) is 1. The van der Waals surface area contributed by atoms with Crippen molar-refractivity contribution >= 4 is 33.9 Å². The highest BCUT2D eigenvalue weighted by molar-refractivity contribution is 7.17. The Labute approximate surface area is 155 Å². The van der Waals surface area contributed by atoms with Crippen molar-refractivity contribution < 1.29 is 19.1 Å². The quantitative estimate of drug-likeness (QED) is 0.838. The highest BCUT2D eigenvalue weighted by Crippen LogP contribution is 2.38. The second-order valence-corrected chi connectivity index (χ2v) is 7.24. The van der Waals surface area contributed by atoms with Crippen molar-refractivity contribution in [3.05, 3.63) is 45.8 Å². The summed E-state index contributed by atoms with van der Waals surface area (Å²) in [5.41, 5.74) is 2.00. The standard InChI is InChI=1S/C19H20N2O4S/c1-11(22)20-19-17(18(24)13-4-6-14(25-3)7-5-13)15-8-9-21(12(2)23)10-16(15)26-19/h4-7H,8-10H2,1-3H3,(H,20,22). The van der Waals surface area contributed by atoms with Gasteiger partial charge in [-0.1, -0.05) is 0 Å². The molecule has 0 atom stereocenters. The molecule has 1 aliphatic heterocycles. The first-order valence-corrected chi connectivity index (χ1v) is 9.08. The SMILES string of the molecule is COc1ccc(C(=O)c2c(NC(C)=O)sc3c2CCN(C(C)=O)C3)cc1. The van der Waals surface area contributed by atoms with E-state index in [2.05, 4.69) is 5.32 Å². The summed E-state index contributed by atoms with van der Waals surface area (Å²) < 4.78 is 5.14. The summed E-state index contributed by atoms with van der Waals surface area (Å²) in [5, 5.41) is 3.33. The van der Waals surface area contributed by atoms with Crippen LogP contribution in [0.1, 0.15) is 40.2 Å². The number of carbonyl (C=O) groups is 3. The van der Waals surface area contributed by atoms with Crippen LogP contribution in [0.2, 0.25) is 0 Å². The minimum absolute atomic E-state index is 0.00755. The summed E-state index contributed by atoms with van der Waals surface area (Å²) in [6, 6.07) is 6.91. The molecule has 0 bridgehead atoms. The smallest absolute Gasteiger partial charge is 0.221 e. The number of ether oxygens (including phenoxy) is 1. The third-order valence-corrected chi connectivity index (χ3v) is 5.50. The van der Waals surface area contributed by atoms with Gasteiger partial charge in [0, 0.05) is 30.8 Å². The van der Waals surface area contributed by atoms with Gasteiger partial charge in [0.1, 0.15) is 10.8 Å². The maximum Gasteiger partial charge on any atom is 0.221 e. The second kappa shape index (κ2) is 7.29. The Morgan fingerprint density at radius 3 is 2.42 bits per heavy atom. The Balaban J connectivity index is 2.02. The Morgan fingerprint density at radius 2 is 1.85 bits per heavy atom. The lowest BCUT2D eigenvalue weighted by Gasteiger charge is -2.26. The molecule has 1 aliphatic rings. The molecule has 0 saturated heterocycles. The lowest BCUT2D eigenvalue weighted by molar-refractivity contribution is -0.129. The molecule has 1 N–H and O–H groups in total. The molecule has 3 rings (SSSR count). The lowest BCUT2D eigenvalue weighted by atomic mass is 9.96. The number of carbonyl (C=O) groups excluding carboxylic acids is 3. The van der Waals surface area contributed by atoms with Gasteiger partial charge in [0.15, 0.2) is 5.78 Å². The summed E-state index contributed by atoms with van der Waals surface area (Å²) in [7, 11) is 1.57. The van der Waals surface area contributed by atoms with Crippen LogP contribution in [0.15, 0.2) is 24.3 Å². The molecule has 136 valence electrons. The maximum atomic E-state index is 13.1. The number of thiophene rings is 1. The van der Waals surface area contributed by atoms with Crippen molar-refractivity contribution in [3.8, 4) is 5.75 Å². The monoisotopic (exact) mass is 372 g/mol. The van der Waals surface area contributed by atoms with Crippen LogP contribution >= 0.6 is 11.3 Å². The number of rotatable bonds is 4. The minimum Gasteiger partial charge on any atom is -0.497 e. The Bertz CT molecular complexity index is 870. The average molecular weight is 372 g/mol. The molecule has 1 aromatic heterocycles. The van der Waals surface area contributed by atoms with E-state index in [9.17, 15) is 14.4 Å². The van der Waals surface area contributed by atoms with Crippen LogP contribution < -0.4 is 10.1 Å². The molecule has 2 heterocycles. The zero-order chi connectivity index (χ0) is 18.8. The Kier molecular flexibility index (Phi) is 5.08. The summed E-state index contributed by atoms with van der Waals surface area (Å²) in [5.74, 6) is 0.321. The van der Waals surface area contributed by atoms with Crippen LogP contribution in [0.5, 0.6) is 5.75 Å². The first kappa shape index (κ1) is 18.1. The zero-order valence-corrected chi connectivity index (χ0v) is 15.7. The van der Waals surface area contributed by atoms with Gasteiger partial charge in [-0.3, -0.25) is 14.4 Å². The average Bonchev–Trinajstić information content (AvgIpc) is 2.97. The predicted molar refractivity (Wildman–Crippen MR) is 99.8 cm³/mol. The predicted octanol–water partition coefficient (Wildman–Crippen LogP) is 2.85. The highest BCUT2D eigenvalue weighted by Gasteiger charge is 2.29. The number of ketones is 1. The van der Waals surface area contributed by atoms with Crippen molar-refractivity contribution in [2.75, 3.05) is 19.0 Å². The third-order valence-electron chi connectivity index (χ3n) is 4.37.